The summed E-state index contributed by atoms with van der Waals surface area (Å²) >= 11 is 0. The normalized spacial score (nSPS) is 10.0. The number of anilines is 2. The highest BCUT2D eigenvalue weighted by Crippen LogP contribution is 2.22. The van der Waals surface area contributed by atoms with Gasteiger partial charge in [0.1, 0.15) is 5.69 Å². The zero-order valence-corrected chi connectivity index (χ0v) is 12.2. The van der Waals surface area contributed by atoms with E-state index in [1.165, 1.54) is 0 Å². The quantitative estimate of drug-likeness (QED) is 0.827. The Morgan fingerprint density at radius 1 is 1.29 bits per heavy atom. The predicted octanol–water partition coefficient (Wildman–Crippen LogP) is 2.75. The number of rotatable bonds is 5. The Labute approximate surface area is 124 Å². The third kappa shape index (κ3) is 3.66. The van der Waals surface area contributed by atoms with E-state index in [-0.39, 0.29) is 5.91 Å². The lowest BCUT2D eigenvalue weighted by atomic mass is 10.1. The highest BCUT2D eigenvalue weighted by molar-refractivity contribution is 5.92. The Morgan fingerprint density at radius 2 is 2.00 bits per heavy atom. The van der Waals surface area contributed by atoms with Crippen LogP contribution in [0.4, 0.5) is 11.6 Å². The summed E-state index contributed by atoms with van der Waals surface area (Å²) in [5.41, 5.74) is 3.47. The van der Waals surface area contributed by atoms with E-state index in [0.717, 1.165) is 16.8 Å². The Kier molecular flexibility index (Phi) is 4.66. The molecule has 0 saturated carbocycles. The summed E-state index contributed by atoms with van der Waals surface area (Å²) in [5, 5.41) is 5.86. The monoisotopic (exact) mass is 282 g/mol. The van der Waals surface area contributed by atoms with Crippen molar-refractivity contribution in [2.75, 3.05) is 11.9 Å². The minimum Gasteiger partial charge on any atom is -0.347 e. The van der Waals surface area contributed by atoms with E-state index < -0.39 is 0 Å². The number of hydrogen-bond donors (Lipinski definition) is 2. The van der Waals surface area contributed by atoms with Crippen LogP contribution >= 0.6 is 0 Å². The molecule has 0 aliphatic heterocycles. The molecule has 2 N–H and O–H groups in total. The van der Waals surface area contributed by atoms with Gasteiger partial charge in [0.15, 0.2) is 0 Å². The fraction of sp³-hybridized carbons (Fsp3) is 0.188. The maximum Gasteiger partial charge on any atom is 0.270 e. The van der Waals surface area contributed by atoms with Gasteiger partial charge in [-0.25, -0.2) is 9.97 Å². The van der Waals surface area contributed by atoms with Crippen molar-refractivity contribution in [2.45, 2.75) is 13.8 Å². The van der Waals surface area contributed by atoms with Gasteiger partial charge in [-0.05, 0) is 31.0 Å². The molecule has 0 aliphatic carbocycles. The van der Waals surface area contributed by atoms with E-state index in [1.54, 1.807) is 18.3 Å². The van der Waals surface area contributed by atoms with Gasteiger partial charge in [-0.15, -0.1) is 6.58 Å². The number of benzene rings is 1. The minimum atomic E-state index is -0.248. The Morgan fingerprint density at radius 3 is 2.67 bits per heavy atom. The number of hydrogen-bond acceptors (Lipinski definition) is 4. The molecule has 0 saturated heterocycles. The second kappa shape index (κ2) is 6.65. The fourth-order valence-electron chi connectivity index (χ4n) is 1.92. The van der Waals surface area contributed by atoms with Crippen molar-refractivity contribution in [1.29, 1.82) is 0 Å². The molecule has 1 heterocycles. The Hall–Kier alpha value is -2.69. The van der Waals surface area contributed by atoms with Gasteiger partial charge in [0, 0.05) is 18.4 Å². The predicted molar refractivity (Wildman–Crippen MR) is 83.8 cm³/mol. The summed E-state index contributed by atoms with van der Waals surface area (Å²) in [5.74, 6) is 0.153. The van der Waals surface area contributed by atoms with Crippen LogP contribution in [0.3, 0.4) is 0 Å². The molecule has 0 fully saturated rings. The van der Waals surface area contributed by atoms with Gasteiger partial charge in [-0.1, -0.05) is 24.3 Å². The standard InChI is InChI=1S/C16H18N4O/c1-4-9-17-15(21)13-8-10-18-16(19-13)20-14-11(2)6-5-7-12(14)3/h4-8,10H,1,9H2,2-3H3,(H,17,21)(H,18,19,20). The average molecular weight is 282 g/mol. The van der Waals surface area contributed by atoms with Crippen molar-refractivity contribution in [2.24, 2.45) is 0 Å². The molecule has 0 unspecified atom stereocenters. The molecule has 2 rings (SSSR count). The lowest BCUT2D eigenvalue weighted by Gasteiger charge is -2.11. The second-order valence-corrected chi connectivity index (χ2v) is 4.66. The lowest BCUT2D eigenvalue weighted by molar-refractivity contribution is 0.0953. The van der Waals surface area contributed by atoms with Gasteiger partial charge >= 0.3 is 0 Å². The molecule has 0 bridgehead atoms. The molecular weight excluding hydrogens is 264 g/mol. The van der Waals surface area contributed by atoms with Crippen LogP contribution in [0.25, 0.3) is 0 Å². The summed E-state index contributed by atoms with van der Waals surface area (Å²) in [6.07, 6.45) is 3.18. The maximum absolute atomic E-state index is 11.9. The second-order valence-electron chi connectivity index (χ2n) is 4.66. The zero-order valence-electron chi connectivity index (χ0n) is 12.2. The Bertz CT molecular complexity index is 647. The summed E-state index contributed by atoms with van der Waals surface area (Å²) < 4.78 is 0. The van der Waals surface area contributed by atoms with Crippen LogP contribution in [0.15, 0.2) is 43.1 Å². The first-order valence-electron chi connectivity index (χ1n) is 6.67. The zero-order chi connectivity index (χ0) is 15.2. The van der Waals surface area contributed by atoms with Crippen LogP contribution in [-0.2, 0) is 0 Å². The number of carbonyl (C=O) groups is 1. The Balaban J connectivity index is 2.22. The molecule has 0 spiro atoms. The summed E-state index contributed by atoms with van der Waals surface area (Å²) in [6.45, 7) is 7.98. The third-order valence-electron chi connectivity index (χ3n) is 3.01. The number of aromatic nitrogens is 2. The van der Waals surface area contributed by atoms with Crippen LogP contribution < -0.4 is 10.6 Å². The molecule has 0 radical (unpaired) electrons. The first kappa shape index (κ1) is 14.7. The topological polar surface area (TPSA) is 66.9 Å². The van der Waals surface area contributed by atoms with Crippen LogP contribution in [0.2, 0.25) is 0 Å². The highest BCUT2D eigenvalue weighted by atomic mass is 16.1. The van der Waals surface area contributed by atoms with Gasteiger partial charge in [-0.2, -0.15) is 0 Å². The maximum atomic E-state index is 11.9. The minimum absolute atomic E-state index is 0.248. The van der Waals surface area contributed by atoms with E-state index >= 15 is 0 Å². The molecule has 5 heteroatoms. The molecule has 1 aromatic heterocycles. The van der Waals surface area contributed by atoms with E-state index in [1.807, 2.05) is 32.0 Å². The number of carbonyl (C=O) groups excluding carboxylic acids is 1. The molecule has 1 amide bonds. The van der Waals surface area contributed by atoms with Crippen molar-refractivity contribution in [1.82, 2.24) is 15.3 Å². The van der Waals surface area contributed by atoms with Crippen molar-refractivity contribution >= 4 is 17.5 Å². The number of amides is 1. The van der Waals surface area contributed by atoms with Gasteiger partial charge < -0.3 is 10.6 Å². The lowest BCUT2D eigenvalue weighted by Crippen LogP contribution is -2.24. The van der Waals surface area contributed by atoms with Crippen LogP contribution in [0.1, 0.15) is 21.6 Å². The smallest absolute Gasteiger partial charge is 0.270 e. The van der Waals surface area contributed by atoms with Crippen LogP contribution in [-0.4, -0.2) is 22.4 Å². The SMILES string of the molecule is C=CCNC(=O)c1ccnc(Nc2c(C)cccc2C)n1. The van der Waals surface area contributed by atoms with Crippen molar-refractivity contribution in [3.05, 3.63) is 59.9 Å². The largest absolute Gasteiger partial charge is 0.347 e. The summed E-state index contributed by atoms with van der Waals surface area (Å²) in [7, 11) is 0. The molecule has 0 atom stereocenters. The molecule has 108 valence electrons. The third-order valence-corrected chi connectivity index (χ3v) is 3.01. The number of para-hydroxylation sites is 1. The molecule has 0 aliphatic rings. The molecule has 21 heavy (non-hydrogen) atoms. The van der Waals surface area contributed by atoms with E-state index in [4.69, 9.17) is 0 Å². The highest BCUT2D eigenvalue weighted by Gasteiger charge is 2.09. The number of nitrogens with zero attached hydrogens (tertiary/aromatic N) is 2. The van der Waals surface area contributed by atoms with E-state index in [9.17, 15) is 4.79 Å². The van der Waals surface area contributed by atoms with Gasteiger partial charge in [0.2, 0.25) is 5.95 Å². The molecule has 5 nitrogen and oxygen atoms in total. The van der Waals surface area contributed by atoms with Gasteiger partial charge in [0.05, 0.1) is 0 Å². The van der Waals surface area contributed by atoms with E-state index in [2.05, 4.69) is 27.2 Å². The fourth-order valence-corrected chi connectivity index (χ4v) is 1.92. The summed E-state index contributed by atoms with van der Waals surface area (Å²) in [4.78, 5) is 20.3. The first-order chi connectivity index (χ1) is 10.1. The molecule has 1 aromatic carbocycles. The van der Waals surface area contributed by atoms with Crippen LogP contribution in [0, 0.1) is 13.8 Å². The molecule has 2 aromatic rings. The van der Waals surface area contributed by atoms with E-state index in [0.29, 0.717) is 18.2 Å². The number of aryl methyl sites for hydroxylation is 2. The van der Waals surface area contributed by atoms with Crippen LogP contribution in [0.5, 0.6) is 0 Å². The number of nitrogens with one attached hydrogen (secondary N) is 2. The van der Waals surface area contributed by atoms with Gasteiger partial charge in [-0.3, -0.25) is 4.79 Å². The van der Waals surface area contributed by atoms with Crippen molar-refractivity contribution < 1.29 is 4.79 Å². The van der Waals surface area contributed by atoms with Crippen molar-refractivity contribution in [3.63, 3.8) is 0 Å². The van der Waals surface area contributed by atoms with Crippen molar-refractivity contribution in [3.8, 4) is 0 Å². The average Bonchev–Trinajstić information content (AvgIpc) is 2.49. The first-order valence-corrected chi connectivity index (χ1v) is 6.67. The van der Waals surface area contributed by atoms with Gasteiger partial charge in [0.25, 0.3) is 5.91 Å². The molecular formula is C16H18N4O. The summed E-state index contributed by atoms with van der Waals surface area (Å²) in [6, 6.07) is 7.59.